The van der Waals surface area contributed by atoms with Gasteiger partial charge in [-0.25, -0.2) is 0 Å². The molecule has 0 aliphatic carbocycles. The minimum Gasteiger partial charge on any atom is -0.481 e. The highest BCUT2D eigenvalue weighted by atomic mass is 16.4. The maximum Gasteiger partial charge on any atom is 0.309 e. The van der Waals surface area contributed by atoms with Gasteiger partial charge in [0, 0.05) is 30.9 Å². The smallest absolute Gasteiger partial charge is 0.309 e. The van der Waals surface area contributed by atoms with Crippen LogP contribution in [-0.4, -0.2) is 36.2 Å². The van der Waals surface area contributed by atoms with Crippen molar-refractivity contribution in [1.82, 2.24) is 5.32 Å². The highest BCUT2D eigenvalue weighted by Gasteiger charge is 2.31. The molecule has 0 bridgehead atoms. The van der Waals surface area contributed by atoms with E-state index >= 15 is 0 Å². The molecule has 4 nitrogen and oxygen atoms in total. The summed E-state index contributed by atoms with van der Waals surface area (Å²) in [6.07, 6.45) is 0. The second kappa shape index (κ2) is 5.21. The molecule has 2 N–H and O–H groups in total. The number of hydrogen-bond donors (Lipinski definition) is 2. The average molecular weight is 262 g/mol. The zero-order valence-corrected chi connectivity index (χ0v) is 11.8. The topological polar surface area (TPSA) is 52.6 Å². The molecule has 104 valence electrons. The van der Waals surface area contributed by atoms with Crippen LogP contribution in [0.3, 0.4) is 0 Å². The van der Waals surface area contributed by atoms with Gasteiger partial charge in [0.25, 0.3) is 0 Å². The molecule has 1 heterocycles. The molecule has 1 fully saturated rings. The number of aliphatic carboxylic acids is 1. The van der Waals surface area contributed by atoms with E-state index in [1.54, 1.807) is 0 Å². The number of hydrogen-bond acceptors (Lipinski definition) is 3. The highest BCUT2D eigenvalue weighted by molar-refractivity contribution is 5.71. The largest absolute Gasteiger partial charge is 0.481 e. The van der Waals surface area contributed by atoms with Crippen LogP contribution >= 0.6 is 0 Å². The number of benzene rings is 1. The molecule has 19 heavy (non-hydrogen) atoms. The molecule has 1 saturated heterocycles. The Morgan fingerprint density at radius 2 is 2.00 bits per heavy atom. The number of anilines is 1. The van der Waals surface area contributed by atoms with Crippen LogP contribution < -0.4 is 10.2 Å². The van der Waals surface area contributed by atoms with Crippen LogP contribution in [-0.2, 0) is 4.79 Å². The Morgan fingerprint density at radius 1 is 1.37 bits per heavy atom. The van der Waals surface area contributed by atoms with E-state index in [-0.39, 0.29) is 11.5 Å². The molecular weight excluding hydrogens is 240 g/mol. The van der Waals surface area contributed by atoms with E-state index < -0.39 is 5.97 Å². The van der Waals surface area contributed by atoms with Gasteiger partial charge in [-0.05, 0) is 32.9 Å². The van der Waals surface area contributed by atoms with Crippen molar-refractivity contribution in [1.29, 1.82) is 0 Å². The van der Waals surface area contributed by atoms with E-state index in [9.17, 15) is 9.90 Å². The highest BCUT2D eigenvalue weighted by Crippen LogP contribution is 2.22. The van der Waals surface area contributed by atoms with Gasteiger partial charge in [0.05, 0.1) is 5.92 Å². The molecule has 0 amide bonds. The zero-order chi connectivity index (χ0) is 14.0. The van der Waals surface area contributed by atoms with Crippen LogP contribution in [0, 0.1) is 12.8 Å². The summed E-state index contributed by atoms with van der Waals surface area (Å²) in [5.41, 5.74) is 2.22. The predicted octanol–water partition coefficient (Wildman–Crippen LogP) is 1.88. The summed E-state index contributed by atoms with van der Waals surface area (Å²) >= 11 is 0. The molecule has 1 aliphatic heterocycles. The first-order valence-corrected chi connectivity index (χ1v) is 6.67. The van der Waals surface area contributed by atoms with Crippen LogP contribution in [0.1, 0.15) is 19.4 Å². The SMILES string of the molecule is Cc1ccc(N2CC(C(=O)O)CNC(C)(C)C2)cc1. The molecule has 2 rings (SSSR count). The van der Waals surface area contributed by atoms with E-state index in [1.165, 1.54) is 5.56 Å². The maximum absolute atomic E-state index is 11.3. The van der Waals surface area contributed by atoms with Crippen LogP contribution in [0.2, 0.25) is 0 Å². The van der Waals surface area contributed by atoms with E-state index in [0.717, 1.165) is 12.2 Å². The fraction of sp³-hybridized carbons (Fsp3) is 0.533. The summed E-state index contributed by atoms with van der Waals surface area (Å²) in [5, 5.41) is 12.6. The lowest BCUT2D eigenvalue weighted by atomic mass is 10.1. The first-order valence-electron chi connectivity index (χ1n) is 6.67. The predicted molar refractivity (Wildman–Crippen MR) is 76.6 cm³/mol. The molecular formula is C15H22N2O2. The van der Waals surface area contributed by atoms with E-state index in [0.29, 0.717) is 13.1 Å². The number of nitrogens with one attached hydrogen (secondary N) is 1. The molecule has 0 aromatic heterocycles. The number of carboxylic acid groups (broad SMARTS) is 1. The van der Waals surface area contributed by atoms with E-state index in [1.807, 2.05) is 0 Å². The lowest BCUT2D eigenvalue weighted by Gasteiger charge is -2.31. The standard InChI is InChI=1S/C15H22N2O2/c1-11-4-6-13(7-5-11)17-9-12(14(18)19)8-16-15(2,3)10-17/h4-7,12,16H,8-10H2,1-3H3,(H,18,19). The van der Waals surface area contributed by atoms with Crippen molar-refractivity contribution < 1.29 is 9.90 Å². The number of carboxylic acids is 1. The summed E-state index contributed by atoms with van der Waals surface area (Å²) in [7, 11) is 0. The maximum atomic E-state index is 11.3. The van der Waals surface area contributed by atoms with Crippen molar-refractivity contribution in [2.75, 3.05) is 24.5 Å². The van der Waals surface area contributed by atoms with Crippen LogP contribution in [0.4, 0.5) is 5.69 Å². The Labute approximate surface area is 114 Å². The van der Waals surface area contributed by atoms with Crippen molar-refractivity contribution in [2.45, 2.75) is 26.3 Å². The Bertz CT molecular complexity index is 454. The van der Waals surface area contributed by atoms with Crippen LogP contribution in [0.15, 0.2) is 24.3 Å². The molecule has 0 radical (unpaired) electrons. The third-order valence-corrected chi connectivity index (χ3v) is 3.60. The summed E-state index contributed by atoms with van der Waals surface area (Å²) in [6, 6.07) is 8.26. The first kappa shape index (κ1) is 13.9. The summed E-state index contributed by atoms with van der Waals surface area (Å²) in [4.78, 5) is 13.4. The summed E-state index contributed by atoms with van der Waals surface area (Å²) in [6.45, 7) is 8.15. The Morgan fingerprint density at radius 3 is 2.58 bits per heavy atom. The van der Waals surface area contributed by atoms with Gasteiger partial charge < -0.3 is 15.3 Å². The lowest BCUT2D eigenvalue weighted by molar-refractivity contribution is -0.141. The fourth-order valence-corrected chi connectivity index (χ4v) is 2.45. The average Bonchev–Trinajstić information content (AvgIpc) is 2.49. The normalized spacial score (nSPS) is 22.9. The molecule has 0 saturated carbocycles. The molecule has 1 unspecified atom stereocenters. The summed E-state index contributed by atoms with van der Waals surface area (Å²) < 4.78 is 0. The van der Waals surface area contributed by atoms with Gasteiger partial charge in [0.15, 0.2) is 0 Å². The number of nitrogens with zero attached hydrogens (tertiary/aromatic N) is 1. The first-order chi connectivity index (χ1) is 8.87. The molecule has 4 heteroatoms. The van der Waals surface area contributed by atoms with Crippen LogP contribution in [0.5, 0.6) is 0 Å². The van der Waals surface area contributed by atoms with Crippen molar-refractivity contribution >= 4 is 11.7 Å². The van der Waals surface area contributed by atoms with Crippen molar-refractivity contribution in [2.24, 2.45) is 5.92 Å². The van der Waals surface area contributed by atoms with Crippen molar-refractivity contribution in [3.05, 3.63) is 29.8 Å². The van der Waals surface area contributed by atoms with Gasteiger partial charge in [0.2, 0.25) is 0 Å². The van der Waals surface area contributed by atoms with Gasteiger partial charge in [-0.1, -0.05) is 17.7 Å². The van der Waals surface area contributed by atoms with Crippen LogP contribution in [0.25, 0.3) is 0 Å². The van der Waals surface area contributed by atoms with E-state index in [2.05, 4.69) is 55.3 Å². The number of aryl methyl sites for hydroxylation is 1. The number of carbonyl (C=O) groups is 1. The summed E-state index contributed by atoms with van der Waals surface area (Å²) in [5.74, 6) is -1.11. The fourth-order valence-electron chi connectivity index (χ4n) is 2.45. The molecule has 1 atom stereocenters. The van der Waals surface area contributed by atoms with Gasteiger partial charge in [-0.15, -0.1) is 0 Å². The third-order valence-electron chi connectivity index (χ3n) is 3.60. The Kier molecular flexibility index (Phi) is 3.80. The number of rotatable bonds is 2. The minimum atomic E-state index is -0.734. The van der Waals surface area contributed by atoms with Crippen molar-refractivity contribution in [3.63, 3.8) is 0 Å². The quantitative estimate of drug-likeness (QED) is 0.854. The van der Waals surface area contributed by atoms with E-state index in [4.69, 9.17) is 0 Å². The second-order valence-corrected chi connectivity index (χ2v) is 6.02. The monoisotopic (exact) mass is 262 g/mol. The Balaban J connectivity index is 2.25. The molecule has 1 aromatic rings. The van der Waals surface area contributed by atoms with Gasteiger partial charge in [-0.2, -0.15) is 0 Å². The van der Waals surface area contributed by atoms with Gasteiger partial charge >= 0.3 is 5.97 Å². The van der Waals surface area contributed by atoms with Gasteiger partial charge in [-0.3, -0.25) is 4.79 Å². The van der Waals surface area contributed by atoms with Crippen molar-refractivity contribution in [3.8, 4) is 0 Å². The Hall–Kier alpha value is -1.55. The minimum absolute atomic E-state index is 0.0882. The molecule has 0 spiro atoms. The molecule has 1 aliphatic rings. The lowest BCUT2D eigenvalue weighted by Crippen LogP contribution is -2.46. The van der Waals surface area contributed by atoms with Gasteiger partial charge in [0.1, 0.15) is 0 Å². The zero-order valence-electron chi connectivity index (χ0n) is 11.8. The third kappa shape index (κ3) is 3.47. The molecule has 1 aromatic carbocycles. The second-order valence-electron chi connectivity index (χ2n) is 6.02.